The SMILES string of the molecule is CCOC(=O)c1oc2c(c1C)C(=O)C(=CN(C)C)C1(CCC1)C2. The molecule has 1 heterocycles. The van der Waals surface area contributed by atoms with Crippen LogP contribution in [0.5, 0.6) is 0 Å². The number of furan rings is 1. The van der Waals surface area contributed by atoms with Gasteiger partial charge in [-0.25, -0.2) is 4.79 Å². The van der Waals surface area contributed by atoms with Gasteiger partial charge in [-0.2, -0.15) is 0 Å². The molecule has 2 aliphatic carbocycles. The fourth-order valence-electron chi connectivity index (χ4n) is 3.67. The van der Waals surface area contributed by atoms with E-state index < -0.39 is 5.97 Å². The van der Waals surface area contributed by atoms with Gasteiger partial charge < -0.3 is 14.1 Å². The van der Waals surface area contributed by atoms with Gasteiger partial charge in [-0.05, 0) is 26.7 Å². The van der Waals surface area contributed by atoms with Gasteiger partial charge in [0.05, 0.1) is 12.2 Å². The number of nitrogens with zero attached hydrogens (tertiary/aromatic N) is 1. The number of allylic oxidation sites excluding steroid dienone is 1. The summed E-state index contributed by atoms with van der Waals surface area (Å²) in [4.78, 5) is 27.0. The zero-order chi connectivity index (χ0) is 16.8. The molecule has 0 N–H and O–H groups in total. The highest BCUT2D eigenvalue weighted by Crippen LogP contribution is 2.54. The molecule has 2 aliphatic rings. The van der Waals surface area contributed by atoms with Crippen LogP contribution < -0.4 is 0 Å². The summed E-state index contributed by atoms with van der Waals surface area (Å²) in [6, 6.07) is 0. The van der Waals surface area contributed by atoms with Gasteiger partial charge in [0.15, 0.2) is 5.78 Å². The first-order valence-electron chi connectivity index (χ1n) is 8.12. The Morgan fingerprint density at radius 1 is 1.39 bits per heavy atom. The lowest BCUT2D eigenvalue weighted by Gasteiger charge is -2.45. The second-order valence-electron chi connectivity index (χ2n) is 6.72. The molecule has 0 aromatic carbocycles. The first-order chi connectivity index (χ1) is 10.9. The van der Waals surface area contributed by atoms with Crippen molar-refractivity contribution in [2.24, 2.45) is 5.41 Å². The second kappa shape index (κ2) is 5.55. The molecule has 0 amide bonds. The average Bonchev–Trinajstić information content (AvgIpc) is 2.77. The number of carbonyl (C=O) groups is 2. The van der Waals surface area contributed by atoms with Crippen molar-refractivity contribution < 1.29 is 18.7 Å². The molecule has 1 aromatic rings. The number of ether oxygens (including phenoxy) is 1. The zero-order valence-electron chi connectivity index (χ0n) is 14.2. The number of fused-ring (bicyclic) bond motifs is 1. The molecule has 1 spiro atoms. The Labute approximate surface area is 136 Å². The fourth-order valence-corrected chi connectivity index (χ4v) is 3.67. The summed E-state index contributed by atoms with van der Waals surface area (Å²) in [6.07, 6.45) is 5.73. The van der Waals surface area contributed by atoms with Gasteiger partial charge in [0, 0.05) is 43.3 Å². The fraction of sp³-hybridized carbons (Fsp3) is 0.556. The van der Waals surface area contributed by atoms with E-state index in [1.807, 2.05) is 25.2 Å². The topological polar surface area (TPSA) is 59.8 Å². The minimum Gasteiger partial charge on any atom is -0.460 e. The Morgan fingerprint density at radius 2 is 2.09 bits per heavy atom. The van der Waals surface area contributed by atoms with E-state index in [-0.39, 0.29) is 23.6 Å². The van der Waals surface area contributed by atoms with Crippen LogP contribution in [-0.4, -0.2) is 37.4 Å². The Kier molecular flexibility index (Phi) is 3.82. The summed E-state index contributed by atoms with van der Waals surface area (Å²) in [6.45, 7) is 3.80. The molecule has 23 heavy (non-hydrogen) atoms. The monoisotopic (exact) mass is 317 g/mol. The minimum absolute atomic E-state index is 0.00329. The van der Waals surface area contributed by atoms with Crippen LogP contribution in [0.3, 0.4) is 0 Å². The van der Waals surface area contributed by atoms with Crippen LogP contribution in [-0.2, 0) is 11.2 Å². The molecule has 0 unspecified atom stereocenters. The van der Waals surface area contributed by atoms with Crippen molar-refractivity contribution in [2.45, 2.75) is 39.5 Å². The normalized spacial score (nSPS) is 20.3. The molecule has 1 aromatic heterocycles. The first-order valence-corrected chi connectivity index (χ1v) is 8.12. The smallest absolute Gasteiger partial charge is 0.374 e. The lowest BCUT2D eigenvalue weighted by molar-refractivity contribution is 0.0483. The number of rotatable bonds is 3. The molecule has 1 saturated carbocycles. The molecule has 5 heteroatoms. The van der Waals surface area contributed by atoms with Crippen LogP contribution >= 0.6 is 0 Å². The Hall–Kier alpha value is -2.04. The summed E-state index contributed by atoms with van der Waals surface area (Å²) >= 11 is 0. The van der Waals surface area contributed by atoms with Crippen molar-refractivity contribution in [3.63, 3.8) is 0 Å². The molecule has 0 bridgehead atoms. The Balaban J connectivity index is 2.09. The van der Waals surface area contributed by atoms with Crippen molar-refractivity contribution in [1.29, 1.82) is 0 Å². The van der Waals surface area contributed by atoms with Crippen molar-refractivity contribution in [3.8, 4) is 0 Å². The highest BCUT2D eigenvalue weighted by Gasteiger charge is 2.50. The summed E-state index contributed by atoms with van der Waals surface area (Å²) in [5, 5.41) is 0. The summed E-state index contributed by atoms with van der Waals surface area (Å²) < 4.78 is 10.8. The standard InChI is InChI=1S/C18H23NO4/c1-5-22-17(21)16-11(2)14-13(23-16)9-18(7-6-8-18)12(15(14)20)10-19(3)4/h10H,5-9H2,1-4H3. The van der Waals surface area contributed by atoms with Crippen LogP contribution in [0.15, 0.2) is 16.2 Å². The molecule has 0 aliphatic heterocycles. The third kappa shape index (κ3) is 2.38. The maximum atomic E-state index is 13.1. The van der Waals surface area contributed by atoms with E-state index in [0.29, 0.717) is 23.3 Å². The molecule has 5 nitrogen and oxygen atoms in total. The van der Waals surface area contributed by atoms with Gasteiger partial charge in [0.1, 0.15) is 5.76 Å². The van der Waals surface area contributed by atoms with E-state index in [1.54, 1.807) is 13.8 Å². The highest BCUT2D eigenvalue weighted by atomic mass is 16.5. The molecule has 0 saturated heterocycles. The lowest BCUT2D eigenvalue weighted by Crippen LogP contribution is -2.41. The van der Waals surface area contributed by atoms with E-state index >= 15 is 0 Å². The van der Waals surface area contributed by atoms with E-state index in [1.165, 1.54) is 0 Å². The van der Waals surface area contributed by atoms with Crippen LogP contribution in [0.25, 0.3) is 0 Å². The number of hydrogen-bond donors (Lipinski definition) is 0. The van der Waals surface area contributed by atoms with Gasteiger partial charge in [0.2, 0.25) is 5.76 Å². The van der Waals surface area contributed by atoms with Crippen LogP contribution in [0.4, 0.5) is 0 Å². The van der Waals surface area contributed by atoms with Gasteiger partial charge in [-0.15, -0.1) is 0 Å². The average molecular weight is 317 g/mol. The van der Waals surface area contributed by atoms with E-state index in [4.69, 9.17) is 9.15 Å². The third-order valence-corrected chi connectivity index (χ3v) is 4.92. The molecular weight excluding hydrogens is 294 g/mol. The molecule has 0 atom stereocenters. The number of Topliss-reactive ketones (excluding diaryl/α,β-unsaturated/α-hetero) is 1. The Morgan fingerprint density at radius 3 is 2.61 bits per heavy atom. The van der Waals surface area contributed by atoms with E-state index in [9.17, 15) is 9.59 Å². The first kappa shape index (κ1) is 15.8. The third-order valence-electron chi connectivity index (χ3n) is 4.92. The van der Waals surface area contributed by atoms with Gasteiger partial charge in [0.25, 0.3) is 0 Å². The van der Waals surface area contributed by atoms with Gasteiger partial charge in [-0.1, -0.05) is 6.42 Å². The summed E-state index contributed by atoms with van der Waals surface area (Å²) in [7, 11) is 3.85. The maximum absolute atomic E-state index is 13.1. The van der Waals surface area contributed by atoms with Crippen molar-refractivity contribution in [3.05, 3.63) is 34.4 Å². The molecular formula is C18H23NO4. The Bertz CT molecular complexity index is 692. The van der Waals surface area contributed by atoms with Gasteiger partial charge >= 0.3 is 5.97 Å². The molecule has 1 fully saturated rings. The number of carbonyl (C=O) groups excluding carboxylic acids is 2. The summed E-state index contributed by atoms with van der Waals surface area (Å²) in [5.41, 5.74) is 1.88. The van der Waals surface area contributed by atoms with Crippen molar-refractivity contribution >= 4 is 11.8 Å². The number of ketones is 1. The second-order valence-corrected chi connectivity index (χ2v) is 6.72. The molecule has 0 radical (unpaired) electrons. The van der Waals surface area contributed by atoms with Crippen LogP contribution in [0.2, 0.25) is 0 Å². The van der Waals surface area contributed by atoms with E-state index in [0.717, 1.165) is 24.8 Å². The summed E-state index contributed by atoms with van der Waals surface area (Å²) in [5.74, 6) is 0.321. The largest absolute Gasteiger partial charge is 0.460 e. The zero-order valence-corrected chi connectivity index (χ0v) is 14.2. The molecule has 124 valence electrons. The number of hydrogen-bond acceptors (Lipinski definition) is 5. The quantitative estimate of drug-likeness (QED) is 0.633. The van der Waals surface area contributed by atoms with Crippen molar-refractivity contribution in [1.82, 2.24) is 4.90 Å². The highest BCUT2D eigenvalue weighted by molar-refractivity contribution is 6.13. The van der Waals surface area contributed by atoms with Gasteiger partial charge in [-0.3, -0.25) is 4.79 Å². The number of esters is 1. The lowest BCUT2D eigenvalue weighted by atomic mass is 9.58. The predicted octanol–water partition coefficient (Wildman–Crippen LogP) is 3.12. The van der Waals surface area contributed by atoms with Crippen molar-refractivity contribution in [2.75, 3.05) is 20.7 Å². The predicted molar refractivity (Wildman–Crippen MR) is 85.5 cm³/mol. The van der Waals surface area contributed by atoms with Crippen LogP contribution in [0.1, 0.15) is 58.4 Å². The maximum Gasteiger partial charge on any atom is 0.374 e. The van der Waals surface area contributed by atoms with Crippen LogP contribution in [0, 0.1) is 12.3 Å². The minimum atomic E-state index is -0.493. The van der Waals surface area contributed by atoms with E-state index in [2.05, 4.69) is 0 Å². The molecule has 3 rings (SSSR count).